The van der Waals surface area contributed by atoms with E-state index in [0.29, 0.717) is 12.1 Å². The topological polar surface area (TPSA) is 81.4 Å². The highest BCUT2D eigenvalue weighted by Crippen LogP contribution is 2.17. The van der Waals surface area contributed by atoms with Crippen molar-refractivity contribution >= 4 is 27.7 Å². The minimum atomic E-state index is -0.525. The minimum Gasteiger partial charge on any atom is -0.370 e. The van der Waals surface area contributed by atoms with Crippen LogP contribution in [0.25, 0.3) is 0 Å². The number of hydrogen-bond donors (Lipinski definition) is 2. The van der Waals surface area contributed by atoms with Crippen LogP contribution in [-0.4, -0.2) is 31.6 Å². The number of benzene rings is 1. The summed E-state index contributed by atoms with van der Waals surface area (Å²) in [5.74, 6) is -0.712. The highest BCUT2D eigenvalue weighted by Gasteiger charge is 2.09. The Morgan fingerprint density at radius 2 is 2.17 bits per heavy atom. The summed E-state index contributed by atoms with van der Waals surface area (Å²) < 4.78 is 5.67. The molecule has 6 heteroatoms. The number of hydrogen-bond acceptors (Lipinski definition) is 3. The third-order valence-electron chi connectivity index (χ3n) is 2.14. The smallest absolute Gasteiger partial charge is 0.252 e. The van der Waals surface area contributed by atoms with Crippen molar-refractivity contribution in [3.05, 3.63) is 33.8 Å². The highest BCUT2D eigenvalue weighted by atomic mass is 79.9. The zero-order chi connectivity index (χ0) is 13.5. The molecule has 5 nitrogen and oxygen atoms in total. The van der Waals surface area contributed by atoms with Crippen LogP contribution in [0, 0.1) is 6.92 Å². The van der Waals surface area contributed by atoms with E-state index < -0.39 is 5.91 Å². The highest BCUT2D eigenvalue weighted by molar-refractivity contribution is 9.10. The molecule has 0 aliphatic rings. The molecule has 0 atom stereocenters. The summed E-state index contributed by atoms with van der Waals surface area (Å²) >= 11 is 3.32. The van der Waals surface area contributed by atoms with Crippen LogP contribution in [0.1, 0.15) is 15.9 Å². The van der Waals surface area contributed by atoms with Gasteiger partial charge in [0.2, 0.25) is 5.91 Å². The molecule has 0 saturated carbocycles. The van der Waals surface area contributed by atoms with Crippen LogP contribution in [0.2, 0.25) is 0 Å². The van der Waals surface area contributed by atoms with Crippen molar-refractivity contribution in [2.45, 2.75) is 6.92 Å². The van der Waals surface area contributed by atoms with Gasteiger partial charge in [-0.1, -0.05) is 11.6 Å². The number of halogens is 1. The largest absolute Gasteiger partial charge is 0.370 e. The average molecular weight is 315 g/mol. The maximum Gasteiger partial charge on any atom is 0.252 e. The van der Waals surface area contributed by atoms with Crippen LogP contribution in [0.3, 0.4) is 0 Å². The van der Waals surface area contributed by atoms with Gasteiger partial charge in [0, 0.05) is 11.0 Å². The number of nitrogens with two attached hydrogens (primary N) is 1. The molecule has 0 aromatic heterocycles. The molecule has 0 saturated heterocycles. The van der Waals surface area contributed by atoms with E-state index in [0.717, 1.165) is 10.0 Å². The van der Waals surface area contributed by atoms with E-state index in [9.17, 15) is 9.59 Å². The number of carbonyl (C=O) groups excluding carboxylic acids is 2. The molecule has 1 aromatic rings. The number of rotatable bonds is 6. The Balaban J connectivity index is 2.41. The summed E-state index contributed by atoms with van der Waals surface area (Å²) in [4.78, 5) is 22.2. The van der Waals surface area contributed by atoms with Crippen molar-refractivity contribution in [3.63, 3.8) is 0 Å². The molecule has 0 fully saturated rings. The quantitative estimate of drug-likeness (QED) is 0.768. The van der Waals surface area contributed by atoms with E-state index in [2.05, 4.69) is 21.2 Å². The molecule has 2 amide bonds. The Bertz CT molecular complexity index is 449. The Hall–Kier alpha value is -1.40. The second kappa shape index (κ2) is 7.13. The summed E-state index contributed by atoms with van der Waals surface area (Å²) in [6.07, 6.45) is 0. The summed E-state index contributed by atoms with van der Waals surface area (Å²) in [5, 5.41) is 2.69. The van der Waals surface area contributed by atoms with Crippen molar-refractivity contribution in [3.8, 4) is 0 Å². The van der Waals surface area contributed by atoms with E-state index >= 15 is 0 Å². The molecule has 0 aliphatic carbocycles. The molecule has 0 unspecified atom stereocenters. The van der Waals surface area contributed by atoms with Crippen molar-refractivity contribution in [1.29, 1.82) is 0 Å². The van der Waals surface area contributed by atoms with E-state index in [4.69, 9.17) is 10.5 Å². The van der Waals surface area contributed by atoms with Crippen LogP contribution in [0.5, 0.6) is 0 Å². The average Bonchev–Trinajstić information content (AvgIpc) is 2.31. The number of primary amides is 1. The molecular formula is C12H15BrN2O3. The van der Waals surface area contributed by atoms with Gasteiger partial charge in [0.05, 0.1) is 12.2 Å². The predicted molar refractivity (Wildman–Crippen MR) is 71.2 cm³/mol. The summed E-state index contributed by atoms with van der Waals surface area (Å²) in [7, 11) is 0. The van der Waals surface area contributed by atoms with E-state index in [1.165, 1.54) is 0 Å². The van der Waals surface area contributed by atoms with Gasteiger partial charge >= 0.3 is 0 Å². The molecule has 1 rings (SSSR count). The lowest BCUT2D eigenvalue weighted by Crippen LogP contribution is -2.29. The second-order valence-electron chi connectivity index (χ2n) is 3.76. The summed E-state index contributed by atoms with van der Waals surface area (Å²) in [6, 6.07) is 5.54. The Morgan fingerprint density at radius 1 is 1.44 bits per heavy atom. The standard InChI is InChI=1S/C12H15BrN2O3/c1-8-2-3-10(13)9(6-8)12(17)15-4-5-18-7-11(14)16/h2-3,6H,4-5,7H2,1H3,(H2,14,16)(H,15,17). The lowest BCUT2D eigenvalue weighted by Gasteiger charge is -2.07. The minimum absolute atomic E-state index is 0.135. The van der Waals surface area contributed by atoms with Crippen molar-refractivity contribution in [2.75, 3.05) is 19.8 Å². The second-order valence-corrected chi connectivity index (χ2v) is 4.61. The van der Waals surface area contributed by atoms with Gasteiger partial charge in [0.15, 0.2) is 0 Å². The fourth-order valence-corrected chi connectivity index (χ4v) is 1.74. The zero-order valence-electron chi connectivity index (χ0n) is 10.0. The van der Waals surface area contributed by atoms with E-state index in [1.807, 2.05) is 19.1 Å². The Labute approximate surface area is 114 Å². The van der Waals surface area contributed by atoms with Crippen LogP contribution in [0.4, 0.5) is 0 Å². The number of carbonyl (C=O) groups is 2. The third-order valence-corrected chi connectivity index (χ3v) is 2.83. The summed E-state index contributed by atoms with van der Waals surface area (Å²) in [5.41, 5.74) is 6.49. The molecule has 0 radical (unpaired) electrons. The van der Waals surface area contributed by atoms with E-state index in [-0.39, 0.29) is 19.1 Å². The van der Waals surface area contributed by atoms with Crippen LogP contribution < -0.4 is 11.1 Å². The van der Waals surface area contributed by atoms with Gasteiger partial charge in [-0.3, -0.25) is 9.59 Å². The first-order chi connectivity index (χ1) is 8.50. The van der Waals surface area contributed by atoms with Crippen LogP contribution in [0.15, 0.2) is 22.7 Å². The number of ether oxygens (including phenoxy) is 1. The first-order valence-electron chi connectivity index (χ1n) is 5.41. The lowest BCUT2D eigenvalue weighted by molar-refractivity contribution is -0.122. The van der Waals surface area contributed by atoms with Crippen LogP contribution >= 0.6 is 15.9 Å². The van der Waals surface area contributed by atoms with Gasteiger partial charge in [-0.25, -0.2) is 0 Å². The molecule has 98 valence electrons. The van der Waals surface area contributed by atoms with Crippen LogP contribution in [-0.2, 0) is 9.53 Å². The number of nitrogens with one attached hydrogen (secondary N) is 1. The number of amides is 2. The van der Waals surface area contributed by atoms with E-state index in [1.54, 1.807) is 6.07 Å². The monoisotopic (exact) mass is 314 g/mol. The van der Waals surface area contributed by atoms with Gasteiger partial charge in [0.1, 0.15) is 6.61 Å². The maximum atomic E-state index is 11.8. The first kappa shape index (κ1) is 14.7. The molecule has 3 N–H and O–H groups in total. The fraction of sp³-hybridized carbons (Fsp3) is 0.333. The normalized spacial score (nSPS) is 10.1. The lowest BCUT2D eigenvalue weighted by atomic mass is 10.1. The van der Waals surface area contributed by atoms with Crippen molar-refractivity contribution < 1.29 is 14.3 Å². The SMILES string of the molecule is Cc1ccc(Br)c(C(=O)NCCOCC(N)=O)c1. The molecular weight excluding hydrogens is 300 g/mol. The van der Waals surface area contributed by atoms with Gasteiger partial charge in [0.25, 0.3) is 5.91 Å². The molecule has 1 aromatic carbocycles. The fourth-order valence-electron chi connectivity index (χ4n) is 1.32. The first-order valence-corrected chi connectivity index (χ1v) is 6.20. The number of aryl methyl sites for hydroxylation is 1. The van der Waals surface area contributed by atoms with Gasteiger partial charge in [-0.05, 0) is 35.0 Å². The Kier molecular flexibility index (Phi) is 5.80. The van der Waals surface area contributed by atoms with Crippen molar-refractivity contribution in [1.82, 2.24) is 5.32 Å². The molecule has 0 heterocycles. The van der Waals surface area contributed by atoms with Gasteiger partial charge in [-0.2, -0.15) is 0 Å². The third kappa shape index (κ3) is 4.85. The molecule has 0 bridgehead atoms. The zero-order valence-corrected chi connectivity index (χ0v) is 11.6. The van der Waals surface area contributed by atoms with Gasteiger partial charge in [-0.15, -0.1) is 0 Å². The van der Waals surface area contributed by atoms with Gasteiger partial charge < -0.3 is 15.8 Å². The van der Waals surface area contributed by atoms with Crippen molar-refractivity contribution in [2.24, 2.45) is 5.73 Å². The summed E-state index contributed by atoms with van der Waals surface area (Å²) in [6.45, 7) is 2.35. The molecule has 18 heavy (non-hydrogen) atoms. The molecule has 0 aliphatic heterocycles. The molecule has 0 spiro atoms. The maximum absolute atomic E-state index is 11.8. The Morgan fingerprint density at radius 3 is 2.83 bits per heavy atom. The predicted octanol–water partition coefficient (Wildman–Crippen LogP) is 0.989.